The van der Waals surface area contributed by atoms with Crippen LogP contribution in [0.1, 0.15) is 18.9 Å². The van der Waals surface area contributed by atoms with Gasteiger partial charge < -0.3 is 4.84 Å². The Morgan fingerprint density at radius 2 is 2.42 bits per heavy atom. The van der Waals surface area contributed by atoms with Crippen molar-refractivity contribution in [2.75, 3.05) is 7.05 Å². The Labute approximate surface area is 113 Å². The number of rotatable bonds is 4. The molecule has 0 saturated carbocycles. The second-order valence-corrected chi connectivity index (χ2v) is 4.15. The van der Waals surface area contributed by atoms with E-state index in [4.69, 9.17) is 4.84 Å². The highest BCUT2D eigenvalue weighted by atomic mass is 16.6. The summed E-state index contributed by atoms with van der Waals surface area (Å²) in [6.07, 6.45) is 12.0. The number of hydrogen-bond donors (Lipinski definition) is 0. The lowest BCUT2D eigenvalue weighted by Gasteiger charge is -2.08. The molecular weight excluding hydrogens is 238 g/mol. The maximum atomic E-state index is 5.51. The predicted octanol–water partition coefficient (Wildman–Crippen LogP) is 2.78. The third kappa shape index (κ3) is 3.37. The van der Waals surface area contributed by atoms with Gasteiger partial charge in [-0.2, -0.15) is 0 Å². The first-order valence-corrected chi connectivity index (χ1v) is 6.23. The summed E-state index contributed by atoms with van der Waals surface area (Å²) in [4.78, 5) is 13.6. The number of hydrogen-bond acceptors (Lipinski definition) is 4. The largest absolute Gasteiger partial charge is 0.387 e. The summed E-state index contributed by atoms with van der Waals surface area (Å²) < 4.78 is 0. The molecule has 2 rings (SSSR count). The molecule has 0 spiro atoms. The van der Waals surface area contributed by atoms with E-state index < -0.39 is 0 Å². The van der Waals surface area contributed by atoms with Crippen LogP contribution in [-0.2, 0) is 4.84 Å². The summed E-state index contributed by atoms with van der Waals surface area (Å²) in [5.41, 5.74) is 3.01. The Balaban J connectivity index is 2.11. The Kier molecular flexibility index (Phi) is 4.61. The standard InChI is InChI=1S/C15H17N3O/c1-3-5-12(7-9-16-2)15-10-14(18-19-15)13-6-4-8-17-11-13/h3-9,11,15H,10H2,1-2H3/b5-3-,12-7+,16-9?. The van der Waals surface area contributed by atoms with Crippen molar-refractivity contribution in [2.24, 2.45) is 10.1 Å². The molecule has 0 aliphatic carbocycles. The maximum absolute atomic E-state index is 5.51. The quantitative estimate of drug-likeness (QED) is 0.613. The zero-order chi connectivity index (χ0) is 13.5. The van der Waals surface area contributed by atoms with Crippen molar-refractivity contribution >= 4 is 11.9 Å². The molecule has 98 valence electrons. The molecule has 0 amide bonds. The summed E-state index contributed by atoms with van der Waals surface area (Å²) in [7, 11) is 1.75. The van der Waals surface area contributed by atoms with E-state index in [2.05, 4.69) is 15.1 Å². The lowest BCUT2D eigenvalue weighted by atomic mass is 10.0. The maximum Gasteiger partial charge on any atom is 0.158 e. The monoisotopic (exact) mass is 255 g/mol. The fraction of sp³-hybridized carbons (Fsp3) is 0.267. The van der Waals surface area contributed by atoms with Crippen LogP contribution < -0.4 is 0 Å². The summed E-state index contributed by atoms with van der Waals surface area (Å²) in [5.74, 6) is 0. The highest BCUT2D eigenvalue weighted by Gasteiger charge is 2.24. The lowest BCUT2D eigenvalue weighted by molar-refractivity contribution is 0.114. The van der Waals surface area contributed by atoms with Crippen LogP contribution >= 0.6 is 0 Å². The van der Waals surface area contributed by atoms with Crippen LogP contribution in [0.4, 0.5) is 0 Å². The van der Waals surface area contributed by atoms with Crippen molar-refractivity contribution in [3.63, 3.8) is 0 Å². The van der Waals surface area contributed by atoms with Crippen molar-refractivity contribution in [3.05, 3.63) is 53.9 Å². The van der Waals surface area contributed by atoms with Crippen LogP contribution in [0, 0.1) is 0 Å². The number of nitrogens with zero attached hydrogens (tertiary/aromatic N) is 3. The number of allylic oxidation sites excluding steroid dienone is 2. The van der Waals surface area contributed by atoms with Gasteiger partial charge in [-0.3, -0.25) is 9.98 Å². The Morgan fingerprint density at radius 1 is 1.53 bits per heavy atom. The molecule has 1 unspecified atom stereocenters. The van der Waals surface area contributed by atoms with Gasteiger partial charge in [0.2, 0.25) is 0 Å². The van der Waals surface area contributed by atoms with Crippen molar-refractivity contribution in [2.45, 2.75) is 19.4 Å². The van der Waals surface area contributed by atoms with Gasteiger partial charge in [-0.1, -0.05) is 17.3 Å². The van der Waals surface area contributed by atoms with Crippen LogP contribution in [0.15, 0.2) is 58.5 Å². The Bertz CT molecular complexity index is 530. The molecule has 1 atom stereocenters. The average molecular weight is 255 g/mol. The van der Waals surface area contributed by atoms with Gasteiger partial charge in [-0.25, -0.2) is 0 Å². The van der Waals surface area contributed by atoms with Gasteiger partial charge in [0.05, 0.1) is 5.71 Å². The molecule has 1 aliphatic heterocycles. The van der Waals surface area contributed by atoms with Crippen molar-refractivity contribution in [1.29, 1.82) is 0 Å². The van der Waals surface area contributed by atoms with Crippen LogP contribution in [-0.4, -0.2) is 30.1 Å². The zero-order valence-corrected chi connectivity index (χ0v) is 11.2. The van der Waals surface area contributed by atoms with E-state index in [1.54, 1.807) is 25.7 Å². The molecule has 19 heavy (non-hydrogen) atoms. The van der Waals surface area contributed by atoms with Crippen molar-refractivity contribution in [1.82, 2.24) is 4.98 Å². The van der Waals surface area contributed by atoms with E-state index in [0.717, 1.165) is 23.3 Å². The molecule has 4 nitrogen and oxygen atoms in total. The number of oxime groups is 1. The van der Waals surface area contributed by atoms with E-state index in [9.17, 15) is 0 Å². The van der Waals surface area contributed by atoms with Crippen LogP contribution in [0.5, 0.6) is 0 Å². The smallest absolute Gasteiger partial charge is 0.158 e. The van der Waals surface area contributed by atoms with Gasteiger partial charge in [0.25, 0.3) is 0 Å². The fourth-order valence-electron chi connectivity index (χ4n) is 1.88. The summed E-state index contributed by atoms with van der Waals surface area (Å²) in [6.45, 7) is 1.98. The molecule has 0 fully saturated rings. The molecule has 1 aromatic heterocycles. The van der Waals surface area contributed by atoms with E-state index >= 15 is 0 Å². The normalized spacial score (nSPS) is 20.0. The molecule has 1 aliphatic rings. The van der Waals surface area contributed by atoms with Crippen LogP contribution in [0.2, 0.25) is 0 Å². The predicted molar refractivity (Wildman–Crippen MR) is 77.6 cm³/mol. The summed E-state index contributed by atoms with van der Waals surface area (Å²) >= 11 is 0. The Morgan fingerprint density at radius 3 is 3.11 bits per heavy atom. The molecule has 0 radical (unpaired) electrons. The van der Waals surface area contributed by atoms with Crippen molar-refractivity contribution in [3.8, 4) is 0 Å². The lowest BCUT2D eigenvalue weighted by Crippen LogP contribution is -2.11. The number of pyridine rings is 1. The van der Waals surface area contributed by atoms with E-state index in [0.29, 0.717) is 0 Å². The second kappa shape index (κ2) is 6.64. The fourth-order valence-corrected chi connectivity index (χ4v) is 1.88. The van der Waals surface area contributed by atoms with E-state index in [1.165, 1.54) is 0 Å². The van der Waals surface area contributed by atoms with Gasteiger partial charge in [-0.15, -0.1) is 0 Å². The molecule has 0 N–H and O–H groups in total. The first-order chi connectivity index (χ1) is 9.35. The highest BCUT2D eigenvalue weighted by Crippen LogP contribution is 2.22. The molecule has 2 heterocycles. The molecule has 1 aromatic rings. The second-order valence-electron chi connectivity index (χ2n) is 4.15. The molecule has 4 heteroatoms. The van der Waals surface area contributed by atoms with Gasteiger partial charge in [0.15, 0.2) is 6.10 Å². The topological polar surface area (TPSA) is 46.8 Å². The molecular formula is C15H17N3O. The van der Waals surface area contributed by atoms with E-state index in [1.807, 2.05) is 37.3 Å². The van der Waals surface area contributed by atoms with Gasteiger partial charge in [0, 0.05) is 37.6 Å². The Hall–Kier alpha value is -2.23. The molecule has 0 aromatic carbocycles. The van der Waals surface area contributed by atoms with Gasteiger partial charge in [0.1, 0.15) is 0 Å². The number of aliphatic imine (C=N–C) groups is 1. The summed E-state index contributed by atoms with van der Waals surface area (Å²) in [5, 5.41) is 4.16. The third-order valence-electron chi connectivity index (χ3n) is 2.81. The molecule has 0 bridgehead atoms. The number of aromatic nitrogens is 1. The van der Waals surface area contributed by atoms with Crippen LogP contribution in [0.25, 0.3) is 0 Å². The SMILES string of the molecule is C/C=C\C(=C/C=NC)C1CC(c2cccnc2)=NO1. The van der Waals surface area contributed by atoms with Gasteiger partial charge in [-0.05, 0) is 30.7 Å². The van der Waals surface area contributed by atoms with Crippen LogP contribution in [0.3, 0.4) is 0 Å². The van der Waals surface area contributed by atoms with Crippen molar-refractivity contribution < 1.29 is 4.84 Å². The summed E-state index contributed by atoms with van der Waals surface area (Å²) in [6, 6.07) is 3.89. The van der Waals surface area contributed by atoms with E-state index in [-0.39, 0.29) is 6.10 Å². The van der Waals surface area contributed by atoms with Gasteiger partial charge >= 0.3 is 0 Å². The molecule has 0 saturated heterocycles. The minimum Gasteiger partial charge on any atom is -0.387 e. The highest BCUT2D eigenvalue weighted by molar-refractivity contribution is 6.01. The minimum absolute atomic E-state index is 0.0515. The average Bonchev–Trinajstić information content (AvgIpc) is 2.94. The third-order valence-corrected chi connectivity index (χ3v) is 2.81. The zero-order valence-electron chi connectivity index (χ0n) is 11.2. The first kappa shape index (κ1) is 13.2. The minimum atomic E-state index is -0.0515. The first-order valence-electron chi connectivity index (χ1n) is 6.23.